The van der Waals surface area contributed by atoms with Crippen molar-refractivity contribution in [2.75, 3.05) is 5.32 Å². The van der Waals surface area contributed by atoms with Gasteiger partial charge in [0.1, 0.15) is 5.82 Å². The SMILES string of the molecule is CC(C)c1c(C(=O)Nc2ccccc2)c(-c2ccccc2)c(-c2ccc(F)cc2)n1CCC(O)CC(O)CC(=O)NO. The first-order valence-electron chi connectivity index (χ1n) is 13.9. The molecule has 42 heavy (non-hydrogen) atoms. The van der Waals surface area contributed by atoms with Crippen molar-refractivity contribution in [1.29, 1.82) is 0 Å². The van der Waals surface area contributed by atoms with Crippen molar-refractivity contribution in [2.24, 2.45) is 0 Å². The molecule has 2 amide bonds. The summed E-state index contributed by atoms with van der Waals surface area (Å²) in [5, 5.41) is 32.8. The number of nitrogens with zero attached hydrogens (tertiary/aromatic N) is 1. The first kappa shape index (κ1) is 30.6. The summed E-state index contributed by atoms with van der Waals surface area (Å²) in [5.74, 6) is -1.55. The van der Waals surface area contributed by atoms with Crippen LogP contribution in [0.15, 0.2) is 84.9 Å². The average molecular weight is 574 g/mol. The number of aromatic nitrogens is 1. The third-order valence-electron chi connectivity index (χ3n) is 7.07. The van der Waals surface area contributed by atoms with E-state index < -0.39 is 18.1 Å². The number of rotatable bonds is 12. The van der Waals surface area contributed by atoms with Gasteiger partial charge in [0.05, 0.1) is 29.9 Å². The molecular formula is C33H36FN3O5. The summed E-state index contributed by atoms with van der Waals surface area (Å²) in [5.41, 5.74) is 6.25. The number of nitrogens with one attached hydrogen (secondary N) is 2. The zero-order chi connectivity index (χ0) is 30.2. The minimum atomic E-state index is -1.15. The quantitative estimate of drug-likeness (QED) is 0.109. The van der Waals surface area contributed by atoms with Gasteiger partial charge in [-0.15, -0.1) is 0 Å². The number of amides is 2. The number of aliphatic hydroxyl groups excluding tert-OH is 2. The zero-order valence-corrected chi connectivity index (χ0v) is 23.6. The van der Waals surface area contributed by atoms with E-state index >= 15 is 0 Å². The van der Waals surface area contributed by atoms with E-state index in [2.05, 4.69) is 5.32 Å². The number of hydroxylamine groups is 1. The summed E-state index contributed by atoms with van der Waals surface area (Å²) in [6, 6.07) is 24.8. The van der Waals surface area contributed by atoms with Gasteiger partial charge >= 0.3 is 0 Å². The van der Waals surface area contributed by atoms with Gasteiger partial charge in [-0.3, -0.25) is 14.8 Å². The molecule has 4 rings (SSSR count). The van der Waals surface area contributed by atoms with E-state index in [-0.39, 0.29) is 43.4 Å². The molecule has 8 nitrogen and oxygen atoms in total. The van der Waals surface area contributed by atoms with Gasteiger partial charge in [0.25, 0.3) is 5.91 Å². The molecule has 220 valence electrons. The third kappa shape index (κ3) is 7.30. The van der Waals surface area contributed by atoms with E-state index in [1.807, 2.05) is 79.1 Å². The highest BCUT2D eigenvalue weighted by Gasteiger charge is 2.31. The van der Waals surface area contributed by atoms with Crippen LogP contribution in [0.2, 0.25) is 0 Å². The molecule has 2 atom stereocenters. The van der Waals surface area contributed by atoms with Crippen LogP contribution in [0.3, 0.4) is 0 Å². The predicted octanol–water partition coefficient (Wildman–Crippen LogP) is 5.73. The summed E-state index contributed by atoms with van der Waals surface area (Å²) in [6.07, 6.45) is -2.35. The summed E-state index contributed by atoms with van der Waals surface area (Å²) < 4.78 is 16.0. The van der Waals surface area contributed by atoms with Crippen LogP contribution in [0, 0.1) is 5.82 Å². The fraction of sp³-hybridized carbons (Fsp3) is 0.273. The van der Waals surface area contributed by atoms with Gasteiger partial charge in [0.2, 0.25) is 5.91 Å². The molecule has 0 saturated carbocycles. The molecule has 5 N–H and O–H groups in total. The van der Waals surface area contributed by atoms with Crippen molar-refractivity contribution in [2.45, 2.75) is 57.8 Å². The third-order valence-corrected chi connectivity index (χ3v) is 7.07. The maximum absolute atomic E-state index is 14.1. The van der Waals surface area contributed by atoms with Gasteiger partial charge < -0.3 is 20.1 Å². The maximum Gasteiger partial charge on any atom is 0.258 e. The number of hydrogen-bond acceptors (Lipinski definition) is 5. The maximum atomic E-state index is 14.1. The number of anilines is 1. The molecule has 0 aliphatic rings. The van der Waals surface area contributed by atoms with Gasteiger partial charge in [0, 0.05) is 23.5 Å². The molecule has 0 fully saturated rings. The van der Waals surface area contributed by atoms with E-state index in [0.29, 0.717) is 28.1 Å². The van der Waals surface area contributed by atoms with Gasteiger partial charge in [-0.2, -0.15) is 0 Å². The molecule has 1 heterocycles. The van der Waals surface area contributed by atoms with Crippen LogP contribution >= 0.6 is 0 Å². The lowest BCUT2D eigenvalue weighted by atomic mass is 9.94. The molecule has 0 radical (unpaired) electrons. The Hall–Kier alpha value is -4.31. The fourth-order valence-corrected chi connectivity index (χ4v) is 5.26. The number of hydrogen-bond donors (Lipinski definition) is 5. The molecule has 9 heteroatoms. The Balaban J connectivity index is 1.86. The highest BCUT2D eigenvalue weighted by atomic mass is 19.1. The van der Waals surface area contributed by atoms with Crippen LogP contribution in [-0.2, 0) is 11.3 Å². The number of para-hydroxylation sites is 1. The van der Waals surface area contributed by atoms with Gasteiger partial charge in [-0.25, -0.2) is 9.87 Å². The number of aliphatic hydroxyl groups is 2. The number of carbonyl (C=O) groups excluding carboxylic acids is 2. The lowest BCUT2D eigenvalue weighted by Crippen LogP contribution is -2.27. The second-order valence-electron chi connectivity index (χ2n) is 10.6. The Morgan fingerprint density at radius 3 is 2.07 bits per heavy atom. The van der Waals surface area contributed by atoms with Crippen LogP contribution in [-0.4, -0.2) is 44.0 Å². The normalized spacial score (nSPS) is 12.6. The van der Waals surface area contributed by atoms with Crippen molar-refractivity contribution in [3.63, 3.8) is 0 Å². The second-order valence-corrected chi connectivity index (χ2v) is 10.6. The largest absolute Gasteiger partial charge is 0.393 e. The van der Waals surface area contributed by atoms with Gasteiger partial charge in [-0.05, 0) is 66.3 Å². The average Bonchev–Trinajstić information content (AvgIpc) is 3.33. The smallest absolute Gasteiger partial charge is 0.258 e. The standard InChI is InChI=1S/C33H36FN3O5/c1-21(2)31-30(33(41)35-25-11-7-4-8-12-25)29(22-9-5-3-6-10-22)32(23-13-15-24(34)16-14-23)37(31)18-17-26(38)19-27(39)20-28(40)36-42/h3-16,21,26-27,38-39,42H,17-20H2,1-2H3,(H,35,41)(H,36,40). The molecule has 0 aliphatic carbocycles. The molecule has 0 saturated heterocycles. The summed E-state index contributed by atoms with van der Waals surface area (Å²) in [6.45, 7) is 4.25. The number of carbonyl (C=O) groups is 2. The van der Waals surface area contributed by atoms with Crippen molar-refractivity contribution in [1.82, 2.24) is 10.0 Å². The van der Waals surface area contributed by atoms with E-state index in [0.717, 1.165) is 11.3 Å². The molecule has 2 unspecified atom stereocenters. The summed E-state index contributed by atoms with van der Waals surface area (Å²) in [7, 11) is 0. The van der Waals surface area contributed by atoms with Crippen LogP contribution in [0.1, 0.15) is 55.1 Å². The van der Waals surface area contributed by atoms with E-state index in [1.165, 1.54) is 17.6 Å². The number of benzene rings is 3. The number of halogens is 1. The van der Waals surface area contributed by atoms with Crippen LogP contribution in [0.5, 0.6) is 0 Å². The lowest BCUT2D eigenvalue weighted by Gasteiger charge is -2.20. The topological polar surface area (TPSA) is 124 Å². The zero-order valence-electron chi connectivity index (χ0n) is 23.6. The van der Waals surface area contributed by atoms with Gasteiger partial charge in [0.15, 0.2) is 0 Å². The minimum Gasteiger partial charge on any atom is -0.393 e. The Labute approximate surface area is 244 Å². The van der Waals surface area contributed by atoms with Crippen molar-refractivity contribution < 1.29 is 29.4 Å². The lowest BCUT2D eigenvalue weighted by molar-refractivity contribution is -0.131. The van der Waals surface area contributed by atoms with Crippen molar-refractivity contribution in [3.05, 3.63) is 102 Å². The van der Waals surface area contributed by atoms with E-state index in [9.17, 15) is 24.2 Å². The molecular weight excluding hydrogens is 537 g/mol. The Bertz CT molecular complexity index is 1490. The van der Waals surface area contributed by atoms with E-state index in [1.54, 1.807) is 12.1 Å². The van der Waals surface area contributed by atoms with Gasteiger partial charge in [-0.1, -0.05) is 62.4 Å². The predicted molar refractivity (Wildman–Crippen MR) is 160 cm³/mol. The summed E-state index contributed by atoms with van der Waals surface area (Å²) >= 11 is 0. The Morgan fingerprint density at radius 1 is 0.857 bits per heavy atom. The molecule has 0 spiro atoms. The molecule has 0 aliphatic heterocycles. The van der Waals surface area contributed by atoms with Crippen LogP contribution < -0.4 is 10.8 Å². The van der Waals surface area contributed by atoms with E-state index in [4.69, 9.17) is 5.21 Å². The van der Waals surface area contributed by atoms with Crippen molar-refractivity contribution in [3.8, 4) is 22.4 Å². The molecule has 3 aromatic carbocycles. The molecule has 1 aromatic heterocycles. The summed E-state index contributed by atoms with van der Waals surface area (Å²) in [4.78, 5) is 25.5. The highest BCUT2D eigenvalue weighted by molar-refractivity contribution is 6.12. The first-order chi connectivity index (χ1) is 20.2. The Kier molecular flexibility index (Phi) is 10.2. The van der Waals surface area contributed by atoms with Crippen LogP contribution in [0.4, 0.5) is 10.1 Å². The second kappa shape index (κ2) is 14.0. The fourth-order valence-electron chi connectivity index (χ4n) is 5.26. The first-order valence-corrected chi connectivity index (χ1v) is 13.9. The van der Waals surface area contributed by atoms with Crippen molar-refractivity contribution >= 4 is 17.5 Å². The van der Waals surface area contributed by atoms with Crippen LogP contribution in [0.25, 0.3) is 22.4 Å². The monoisotopic (exact) mass is 573 g/mol. The minimum absolute atomic E-state index is 0.0789. The molecule has 4 aromatic rings. The Morgan fingerprint density at radius 2 is 1.48 bits per heavy atom. The highest BCUT2D eigenvalue weighted by Crippen LogP contribution is 2.42. The molecule has 0 bridgehead atoms.